The van der Waals surface area contributed by atoms with Crippen LogP contribution in [-0.4, -0.2) is 77.9 Å². The van der Waals surface area contributed by atoms with Crippen molar-refractivity contribution in [1.82, 2.24) is 15.1 Å². The number of carbonyl (C=O) groups excluding carboxylic acids is 2. The van der Waals surface area contributed by atoms with Crippen molar-refractivity contribution in [1.29, 1.82) is 0 Å². The SMILES string of the molecule is COCC(=O)N1[C@H](CO)[C@H](c2ccccc2)C12CN(C(=O)NC1CCCC1)C2. The van der Waals surface area contributed by atoms with Crippen molar-refractivity contribution < 1.29 is 19.4 Å². The van der Waals surface area contributed by atoms with Crippen LogP contribution in [0.1, 0.15) is 37.2 Å². The molecule has 152 valence electrons. The number of benzene rings is 1. The average molecular weight is 387 g/mol. The molecular formula is C21H29N3O4. The highest BCUT2D eigenvalue weighted by Crippen LogP contribution is 2.53. The lowest BCUT2D eigenvalue weighted by molar-refractivity contribution is -0.196. The Labute approximate surface area is 165 Å². The molecule has 3 aliphatic rings. The Morgan fingerprint density at radius 2 is 1.89 bits per heavy atom. The second-order valence-electron chi connectivity index (χ2n) is 8.23. The molecule has 0 radical (unpaired) electrons. The largest absolute Gasteiger partial charge is 0.394 e. The van der Waals surface area contributed by atoms with Crippen LogP contribution in [-0.2, 0) is 9.53 Å². The van der Waals surface area contributed by atoms with Gasteiger partial charge in [0.2, 0.25) is 5.91 Å². The second kappa shape index (κ2) is 7.72. The summed E-state index contributed by atoms with van der Waals surface area (Å²) in [6, 6.07) is 9.91. The van der Waals surface area contributed by atoms with Gasteiger partial charge in [0.25, 0.3) is 0 Å². The van der Waals surface area contributed by atoms with Crippen LogP contribution in [0.5, 0.6) is 0 Å². The number of amides is 3. The van der Waals surface area contributed by atoms with Crippen LogP contribution in [0.2, 0.25) is 0 Å². The fraction of sp³-hybridized carbons (Fsp3) is 0.619. The maximum absolute atomic E-state index is 12.7. The molecule has 2 atom stereocenters. The second-order valence-corrected chi connectivity index (χ2v) is 8.23. The fourth-order valence-electron chi connectivity index (χ4n) is 5.35. The number of ether oxygens (including phenoxy) is 1. The molecule has 0 bridgehead atoms. The van der Waals surface area contributed by atoms with Crippen molar-refractivity contribution in [2.75, 3.05) is 33.4 Å². The van der Waals surface area contributed by atoms with Gasteiger partial charge in [-0.05, 0) is 18.4 Å². The van der Waals surface area contributed by atoms with E-state index in [4.69, 9.17) is 4.74 Å². The zero-order valence-corrected chi connectivity index (χ0v) is 16.3. The smallest absolute Gasteiger partial charge is 0.317 e. The zero-order chi connectivity index (χ0) is 19.7. The van der Waals surface area contributed by atoms with Crippen molar-refractivity contribution in [3.8, 4) is 0 Å². The number of rotatable bonds is 5. The number of carbonyl (C=O) groups is 2. The van der Waals surface area contributed by atoms with Crippen LogP contribution in [0.4, 0.5) is 4.79 Å². The summed E-state index contributed by atoms with van der Waals surface area (Å²) >= 11 is 0. The summed E-state index contributed by atoms with van der Waals surface area (Å²) < 4.78 is 5.05. The molecule has 28 heavy (non-hydrogen) atoms. The third kappa shape index (κ3) is 3.06. The minimum absolute atomic E-state index is 0.00929. The molecule has 4 rings (SSSR count). The molecule has 0 unspecified atom stereocenters. The molecule has 7 nitrogen and oxygen atoms in total. The molecule has 2 N–H and O–H groups in total. The minimum Gasteiger partial charge on any atom is -0.394 e. The van der Waals surface area contributed by atoms with Gasteiger partial charge in [-0.1, -0.05) is 43.2 Å². The third-order valence-electron chi connectivity index (χ3n) is 6.56. The summed E-state index contributed by atoms with van der Waals surface area (Å²) in [5.41, 5.74) is 0.635. The van der Waals surface area contributed by atoms with Crippen molar-refractivity contribution in [3.63, 3.8) is 0 Å². The fourth-order valence-corrected chi connectivity index (χ4v) is 5.35. The predicted molar refractivity (Wildman–Crippen MR) is 104 cm³/mol. The highest BCUT2D eigenvalue weighted by molar-refractivity contribution is 5.83. The molecule has 3 amide bonds. The van der Waals surface area contributed by atoms with Gasteiger partial charge in [-0.3, -0.25) is 4.79 Å². The molecule has 3 fully saturated rings. The molecule has 7 heteroatoms. The van der Waals surface area contributed by atoms with E-state index in [1.54, 1.807) is 9.80 Å². The summed E-state index contributed by atoms with van der Waals surface area (Å²) in [5.74, 6) is -0.125. The standard InChI is InChI=1S/C21H29N3O4/c1-28-12-18(26)24-17(11-25)19(15-7-3-2-4-8-15)21(24)13-23(14-21)20(27)22-16-9-5-6-10-16/h2-4,7-8,16-17,19,25H,5-6,9-14H2,1H3,(H,22,27)/t17-,19+/m1/s1. The van der Waals surface area contributed by atoms with E-state index in [2.05, 4.69) is 5.32 Å². The molecule has 1 saturated carbocycles. The highest BCUT2D eigenvalue weighted by Gasteiger charge is 2.68. The first-order valence-corrected chi connectivity index (χ1v) is 10.1. The lowest BCUT2D eigenvalue weighted by Gasteiger charge is -2.70. The molecule has 1 aromatic carbocycles. The van der Waals surface area contributed by atoms with Crippen molar-refractivity contribution in [3.05, 3.63) is 35.9 Å². The van der Waals surface area contributed by atoms with E-state index in [0.29, 0.717) is 13.1 Å². The van der Waals surface area contributed by atoms with Crippen LogP contribution >= 0.6 is 0 Å². The summed E-state index contributed by atoms with van der Waals surface area (Å²) in [4.78, 5) is 28.9. The van der Waals surface area contributed by atoms with Crippen LogP contribution in [0.25, 0.3) is 0 Å². The Morgan fingerprint density at radius 3 is 2.50 bits per heavy atom. The van der Waals surface area contributed by atoms with Gasteiger partial charge < -0.3 is 25.0 Å². The van der Waals surface area contributed by atoms with Gasteiger partial charge >= 0.3 is 6.03 Å². The van der Waals surface area contributed by atoms with Crippen molar-refractivity contribution in [2.45, 2.75) is 49.2 Å². The quantitative estimate of drug-likeness (QED) is 0.799. The third-order valence-corrected chi connectivity index (χ3v) is 6.56. The van der Waals surface area contributed by atoms with E-state index >= 15 is 0 Å². The van der Waals surface area contributed by atoms with E-state index in [-0.39, 0.29) is 43.2 Å². The van der Waals surface area contributed by atoms with E-state index in [1.807, 2.05) is 30.3 Å². The van der Waals surface area contributed by atoms with Crippen molar-refractivity contribution >= 4 is 11.9 Å². The lowest BCUT2D eigenvalue weighted by Crippen LogP contribution is -2.86. The Hall–Kier alpha value is -2.12. The first-order valence-electron chi connectivity index (χ1n) is 10.1. The number of hydrogen-bond acceptors (Lipinski definition) is 4. The summed E-state index contributed by atoms with van der Waals surface area (Å²) in [7, 11) is 1.50. The Kier molecular flexibility index (Phi) is 5.29. The maximum Gasteiger partial charge on any atom is 0.317 e. The number of urea groups is 1. The molecule has 1 aliphatic carbocycles. The number of aliphatic hydroxyl groups is 1. The van der Waals surface area contributed by atoms with E-state index < -0.39 is 5.54 Å². The first-order chi connectivity index (χ1) is 13.6. The number of methoxy groups -OCH3 is 1. The first kappa shape index (κ1) is 19.2. The van der Waals surface area contributed by atoms with Gasteiger partial charge in [-0.25, -0.2) is 4.79 Å². The summed E-state index contributed by atoms with van der Waals surface area (Å²) in [5, 5.41) is 13.1. The number of hydrogen-bond donors (Lipinski definition) is 2. The molecule has 0 aromatic heterocycles. The number of nitrogens with zero attached hydrogens (tertiary/aromatic N) is 2. The molecular weight excluding hydrogens is 358 g/mol. The molecule has 1 spiro atoms. The summed E-state index contributed by atoms with van der Waals surface area (Å²) in [6.07, 6.45) is 4.43. The van der Waals surface area contributed by atoms with Gasteiger partial charge in [0, 0.05) is 32.2 Å². The predicted octanol–water partition coefficient (Wildman–Crippen LogP) is 1.33. The number of aliphatic hydroxyl groups excluding tert-OH is 1. The van der Waals surface area contributed by atoms with E-state index in [9.17, 15) is 14.7 Å². The molecule has 2 saturated heterocycles. The summed E-state index contributed by atoms with van der Waals surface area (Å²) in [6.45, 7) is 0.840. The van der Waals surface area contributed by atoms with Crippen molar-refractivity contribution in [2.24, 2.45) is 0 Å². The Balaban J connectivity index is 1.53. The molecule has 1 aromatic rings. The Bertz CT molecular complexity index is 714. The zero-order valence-electron chi connectivity index (χ0n) is 16.3. The van der Waals surface area contributed by atoms with Gasteiger partial charge in [0.15, 0.2) is 0 Å². The van der Waals surface area contributed by atoms with Gasteiger partial charge in [-0.15, -0.1) is 0 Å². The van der Waals surface area contributed by atoms with Gasteiger partial charge in [0.05, 0.1) is 18.2 Å². The monoisotopic (exact) mass is 387 g/mol. The van der Waals surface area contributed by atoms with Gasteiger partial charge in [0.1, 0.15) is 6.61 Å². The normalized spacial score (nSPS) is 26.1. The topological polar surface area (TPSA) is 82.1 Å². The minimum atomic E-state index is -0.461. The lowest BCUT2D eigenvalue weighted by atomic mass is 9.60. The van der Waals surface area contributed by atoms with E-state index in [0.717, 1.165) is 18.4 Å². The van der Waals surface area contributed by atoms with E-state index in [1.165, 1.54) is 20.0 Å². The van der Waals surface area contributed by atoms with Crippen LogP contribution < -0.4 is 5.32 Å². The van der Waals surface area contributed by atoms with Crippen LogP contribution in [0.15, 0.2) is 30.3 Å². The maximum atomic E-state index is 12.7. The van der Waals surface area contributed by atoms with Crippen LogP contribution in [0, 0.1) is 0 Å². The van der Waals surface area contributed by atoms with Gasteiger partial charge in [-0.2, -0.15) is 0 Å². The number of nitrogens with one attached hydrogen (secondary N) is 1. The molecule has 2 aliphatic heterocycles. The number of likely N-dealkylation sites (tertiary alicyclic amines) is 2. The molecule has 2 heterocycles. The van der Waals surface area contributed by atoms with Crippen LogP contribution in [0.3, 0.4) is 0 Å². The average Bonchev–Trinajstić information content (AvgIpc) is 3.14. The Morgan fingerprint density at radius 1 is 1.21 bits per heavy atom. The highest BCUT2D eigenvalue weighted by atomic mass is 16.5.